The number of nitrogens with one attached hydrogen (secondary N) is 1. The van der Waals surface area contributed by atoms with Crippen molar-refractivity contribution in [2.75, 3.05) is 106 Å². The van der Waals surface area contributed by atoms with Gasteiger partial charge >= 0.3 is 0 Å². The van der Waals surface area contributed by atoms with Crippen LogP contribution in [0.3, 0.4) is 0 Å². The summed E-state index contributed by atoms with van der Waals surface area (Å²) in [5.41, 5.74) is 0. The number of amides is 1. The fraction of sp³-hybridized carbons (Fsp3) is 0.958. The zero-order chi connectivity index (χ0) is 25.0. The molecule has 0 aliphatic carbocycles. The van der Waals surface area contributed by atoms with Gasteiger partial charge in [-0.3, -0.25) is 4.79 Å². The topological polar surface area (TPSA) is 103 Å². The molecule has 0 spiro atoms. The van der Waals surface area contributed by atoms with Crippen LogP contribution in [0.15, 0.2) is 0 Å². The molecule has 0 fully saturated rings. The first-order valence-electron chi connectivity index (χ1n) is 12.5. The summed E-state index contributed by atoms with van der Waals surface area (Å²) in [7, 11) is 1.65. The highest BCUT2D eigenvalue weighted by atomic mass is 16.6. The summed E-state index contributed by atoms with van der Waals surface area (Å²) in [5, 5.41) is 2.89. The first-order chi connectivity index (χ1) is 16.7. The first-order valence-corrected chi connectivity index (χ1v) is 12.5. The van der Waals surface area contributed by atoms with Crippen LogP contribution in [0.4, 0.5) is 0 Å². The van der Waals surface area contributed by atoms with E-state index >= 15 is 0 Å². The largest absolute Gasteiger partial charge is 0.382 e. The highest BCUT2D eigenvalue weighted by Crippen LogP contribution is 2.00. The van der Waals surface area contributed by atoms with E-state index in [1.807, 2.05) is 13.8 Å². The molecule has 0 heterocycles. The lowest BCUT2D eigenvalue weighted by Crippen LogP contribution is -2.29. The molecule has 10 heteroatoms. The number of ether oxygens (including phenoxy) is 8. The Labute approximate surface area is 206 Å². The summed E-state index contributed by atoms with van der Waals surface area (Å²) in [6, 6.07) is 0.208. The molecular formula is C24H49NO9. The fourth-order valence-corrected chi connectivity index (χ4v) is 2.62. The van der Waals surface area contributed by atoms with Gasteiger partial charge < -0.3 is 43.2 Å². The van der Waals surface area contributed by atoms with Crippen molar-refractivity contribution in [3.63, 3.8) is 0 Å². The third-order valence-corrected chi connectivity index (χ3v) is 4.31. The molecule has 0 bridgehead atoms. The Kier molecular flexibility index (Phi) is 27.7. The summed E-state index contributed by atoms with van der Waals surface area (Å²) in [5.74, 6) is 0.126. The van der Waals surface area contributed by atoms with Crippen molar-refractivity contribution >= 4 is 5.91 Å². The third kappa shape index (κ3) is 29.2. The SMILES string of the molecule is COCCOCCOCCOCCOCCOCCOCCOCCCCCC(=O)NC(C)C. The van der Waals surface area contributed by atoms with Gasteiger partial charge in [0.1, 0.15) is 0 Å². The van der Waals surface area contributed by atoms with Crippen LogP contribution in [0, 0.1) is 0 Å². The van der Waals surface area contributed by atoms with Crippen molar-refractivity contribution in [3.05, 3.63) is 0 Å². The van der Waals surface area contributed by atoms with Gasteiger partial charge in [-0.2, -0.15) is 0 Å². The average molecular weight is 496 g/mol. The molecule has 1 N–H and O–H groups in total. The van der Waals surface area contributed by atoms with Crippen molar-refractivity contribution in [2.45, 2.75) is 45.6 Å². The second-order valence-corrected chi connectivity index (χ2v) is 7.81. The minimum absolute atomic E-state index is 0.126. The van der Waals surface area contributed by atoms with Crippen LogP contribution in [0.1, 0.15) is 39.5 Å². The maximum atomic E-state index is 11.5. The van der Waals surface area contributed by atoms with Crippen molar-refractivity contribution in [1.29, 1.82) is 0 Å². The molecule has 0 atom stereocenters. The summed E-state index contributed by atoms with van der Waals surface area (Å²) < 4.78 is 42.9. The number of rotatable bonds is 28. The minimum atomic E-state index is 0.126. The first kappa shape index (κ1) is 33.1. The highest BCUT2D eigenvalue weighted by Gasteiger charge is 2.02. The van der Waals surface area contributed by atoms with E-state index in [4.69, 9.17) is 37.9 Å². The van der Waals surface area contributed by atoms with E-state index < -0.39 is 0 Å². The van der Waals surface area contributed by atoms with Gasteiger partial charge in [-0.15, -0.1) is 0 Å². The summed E-state index contributed by atoms with van der Waals surface area (Å²) >= 11 is 0. The maximum Gasteiger partial charge on any atom is 0.220 e. The lowest BCUT2D eigenvalue weighted by molar-refractivity contribution is -0.121. The molecule has 1 amide bonds. The van der Waals surface area contributed by atoms with Crippen molar-refractivity contribution in [3.8, 4) is 0 Å². The van der Waals surface area contributed by atoms with Crippen molar-refractivity contribution < 1.29 is 42.7 Å². The van der Waals surface area contributed by atoms with Crippen LogP contribution in [0.5, 0.6) is 0 Å². The van der Waals surface area contributed by atoms with Crippen LogP contribution in [0.2, 0.25) is 0 Å². The van der Waals surface area contributed by atoms with Crippen LogP contribution in [-0.2, 0) is 42.7 Å². The number of hydrogen-bond acceptors (Lipinski definition) is 9. The van der Waals surface area contributed by atoms with Gasteiger partial charge in [0, 0.05) is 26.2 Å². The normalized spacial score (nSPS) is 11.4. The number of carbonyl (C=O) groups excluding carboxylic acids is 1. The van der Waals surface area contributed by atoms with Gasteiger partial charge in [0.25, 0.3) is 0 Å². The predicted molar refractivity (Wildman–Crippen MR) is 129 cm³/mol. The Morgan fingerprint density at radius 1 is 0.529 bits per heavy atom. The fourth-order valence-electron chi connectivity index (χ4n) is 2.62. The number of methoxy groups -OCH3 is 1. The quantitative estimate of drug-likeness (QED) is 0.163. The maximum absolute atomic E-state index is 11.5. The smallest absolute Gasteiger partial charge is 0.220 e. The monoisotopic (exact) mass is 495 g/mol. The molecule has 0 aromatic heterocycles. The molecule has 0 radical (unpaired) electrons. The standard InChI is InChI=1S/C24H49NO9/c1-23(2)25-24(26)7-5-4-6-8-28-11-12-30-15-16-32-19-20-34-22-21-33-18-17-31-14-13-29-10-9-27-3/h23H,4-22H2,1-3H3,(H,25,26). The van der Waals surface area contributed by atoms with Gasteiger partial charge in [-0.05, 0) is 26.7 Å². The molecule has 0 aliphatic rings. The molecular weight excluding hydrogens is 446 g/mol. The zero-order valence-corrected chi connectivity index (χ0v) is 21.7. The van der Waals surface area contributed by atoms with Crippen LogP contribution < -0.4 is 5.32 Å². The third-order valence-electron chi connectivity index (χ3n) is 4.31. The molecule has 34 heavy (non-hydrogen) atoms. The second-order valence-electron chi connectivity index (χ2n) is 7.81. The number of hydrogen-bond donors (Lipinski definition) is 1. The number of unbranched alkanes of at least 4 members (excludes halogenated alkanes) is 2. The predicted octanol–water partition coefficient (Wildman–Crippen LogP) is 1.83. The van der Waals surface area contributed by atoms with Gasteiger partial charge in [-0.1, -0.05) is 6.42 Å². The molecule has 0 saturated heterocycles. The summed E-state index contributed by atoms with van der Waals surface area (Å²) in [6.07, 6.45) is 3.44. The van der Waals surface area contributed by atoms with E-state index in [0.717, 1.165) is 19.3 Å². The lowest BCUT2D eigenvalue weighted by Gasteiger charge is -2.09. The zero-order valence-electron chi connectivity index (χ0n) is 21.7. The van der Waals surface area contributed by atoms with Gasteiger partial charge in [0.05, 0.1) is 92.5 Å². The van der Waals surface area contributed by atoms with E-state index in [-0.39, 0.29) is 11.9 Å². The molecule has 204 valence electrons. The second kappa shape index (κ2) is 28.4. The number of carbonyl (C=O) groups is 1. The Morgan fingerprint density at radius 3 is 1.24 bits per heavy atom. The van der Waals surface area contributed by atoms with Crippen LogP contribution in [-0.4, -0.2) is 118 Å². The summed E-state index contributed by atoms with van der Waals surface area (Å²) in [6.45, 7) is 12.3. The van der Waals surface area contributed by atoms with Gasteiger partial charge in [-0.25, -0.2) is 0 Å². The summed E-state index contributed by atoms with van der Waals surface area (Å²) in [4.78, 5) is 11.5. The Hall–Kier alpha value is -0.850. The minimum Gasteiger partial charge on any atom is -0.382 e. The molecule has 0 aliphatic heterocycles. The van der Waals surface area contributed by atoms with Crippen molar-refractivity contribution in [2.24, 2.45) is 0 Å². The Morgan fingerprint density at radius 2 is 0.882 bits per heavy atom. The molecule has 0 unspecified atom stereocenters. The molecule has 10 nitrogen and oxygen atoms in total. The average Bonchev–Trinajstić information content (AvgIpc) is 2.81. The van der Waals surface area contributed by atoms with E-state index in [1.54, 1.807) is 7.11 Å². The van der Waals surface area contributed by atoms with Crippen LogP contribution >= 0.6 is 0 Å². The van der Waals surface area contributed by atoms with E-state index in [0.29, 0.717) is 106 Å². The van der Waals surface area contributed by atoms with E-state index in [2.05, 4.69) is 5.32 Å². The lowest BCUT2D eigenvalue weighted by atomic mass is 10.2. The van der Waals surface area contributed by atoms with E-state index in [1.165, 1.54) is 0 Å². The van der Waals surface area contributed by atoms with E-state index in [9.17, 15) is 4.79 Å². The molecule has 0 saturated carbocycles. The van der Waals surface area contributed by atoms with Crippen LogP contribution in [0.25, 0.3) is 0 Å². The molecule has 0 aromatic carbocycles. The Bertz CT molecular complexity index is 414. The Balaban J connectivity index is 3.06. The molecule has 0 rings (SSSR count). The van der Waals surface area contributed by atoms with Crippen molar-refractivity contribution in [1.82, 2.24) is 5.32 Å². The van der Waals surface area contributed by atoms with Gasteiger partial charge in [0.2, 0.25) is 5.91 Å². The highest BCUT2D eigenvalue weighted by molar-refractivity contribution is 5.76. The molecule has 0 aromatic rings. The van der Waals surface area contributed by atoms with Gasteiger partial charge in [0.15, 0.2) is 0 Å².